The maximum Gasteiger partial charge on any atom is 0.123 e. The number of nitrogens with one attached hydrogen (secondary N) is 1. The third-order valence-corrected chi connectivity index (χ3v) is 4.26. The summed E-state index contributed by atoms with van der Waals surface area (Å²) >= 11 is 0. The Hall–Kier alpha value is -0.930. The molecule has 2 bridgehead atoms. The van der Waals surface area contributed by atoms with Gasteiger partial charge in [0, 0.05) is 19.0 Å². The first-order valence-electron chi connectivity index (χ1n) is 6.83. The number of rotatable bonds is 4. The van der Waals surface area contributed by atoms with E-state index in [9.17, 15) is 4.39 Å². The smallest absolute Gasteiger partial charge is 0.123 e. The molecular formula is C15H20FNO. The molecule has 3 atom stereocenters. The topological polar surface area (TPSA) is 21.3 Å². The highest BCUT2D eigenvalue weighted by molar-refractivity contribution is 5.26. The Morgan fingerprint density at radius 2 is 2.28 bits per heavy atom. The van der Waals surface area contributed by atoms with Crippen LogP contribution in [0.5, 0.6) is 0 Å². The molecule has 1 aromatic rings. The number of fused-ring (bicyclic) bond motifs is 2. The third kappa shape index (κ3) is 2.43. The van der Waals surface area contributed by atoms with Crippen LogP contribution in [0, 0.1) is 18.7 Å². The fourth-order valence-electron chi connectivity index (χ4n) is 3.21. The van der Waals surface area contributed by atoms with E-state index in [2.05, 4.69) is 5.32 Å². The second-order valence-electron chi connectivity index (χ2n) is 5.57. The van der Waals surface area contributed by atoms with Crippen molar-refractivity contribution in [2.24, 2.45) is 5.92 Å². The van der Waals surface area contributed by atoms with Crippen molar-refractivity contribution in [3.8, 4) is 0 Å². The van der Waals surface area contributed by atoms with E-state index in [4.69, 9.17) is 4.74 Å². The summed E-state index contributed by atoms with van der Waals surface area (Å²) in [6, 6.07) is 5.00. The molecule has 0 spiro atoms. The first kappa shape index (κ1) is 12.1. The molecule has 0 aromatic heterocycles. The largest absolute Gasteiger partial charge is 0.375 e. The number of benzene rings is 1. The summed E-state index contributed by atoms with van der Waals surface area (Å²) in [6.45, 7) is 3.79. The predicted octanol–water partition coefficient (Wildman–Crippen LogP) is 2.79. The Bertz CT molecular complexity index is 435. The molecule has 0 saturated carbocycles. The molecule has 0 amide bonds. The molecule has 2 nitrogen and oxygen atoms in total. The fourth-order valence-corrected chi connectivity index (χ4v) is 3.21. The second-order valence-corrected chi connectivity index (χ2v) is 5.57. The molecule has 0 radical (unpaired) electrons. The quantitative estimate of drug-likeness (QED) is 0.886. The van der Waals surface area contributed by atoms with Gasteiger partial charge in [-0.3, -0.25) is 0 Å². The molecule has 2 fully saturated rings. The van der Waals surface area contributed by atoms with E-state index < -0.39 is 0 Å². The predicted molar refractivity (Wildman–Crippen MR) is 68.8 cm³/mol. The van der Waals surface area contributed by atoms with Crippen molar-refractivity contribution < 1.29 is 9.13 Å². The summed E-state index contributed by atoms with van der Waals surface area (Å²) in [7, 11) is 0. The minimum atomic E-state index is -0.155. The van der Waals surface area contributed by atoms with Crippen molar-refractivity contribution in [3.63, 3.8) is 0 Å². The Morgan fingerprint density at radius 1 is 1.39 bits per heavy atom. The van der Waals surface area contributed by atoms with Crippen molar-refractivity contribution >= 4 is 0 Å². The SMILES string of the molecule is Cc1cc(F)ccc1CNCC1CC2CCC1O2. The molecule has 3 rings (SSSR count). The lowest BCUT2D eigenvalue weighted by Crippen LogP contribution is -2.29. The van der Waals surface area contributed by atoms with Gasteiger partial charge >= 0.3 is 0 Å². The first-order valence-corrected chi connectivity index (χ1v) is 6.83. The van der Waals surface area contributed by atoms with Gasteiger partial charge in [0.05, 0.1) is 12.2 Å². The monoisotopic (exact) mass is 249 g/mol. The van der Waals surface area contributed by atoms with Crippen LogP contribution in [0.25, 0.3) is 0 Å². The van der Waals surface area contributed by atoms with E-state index in [1.165, 1.54) is 30.9 Å². The molecule has 1 N–H and O–H groups in total. The van der Waals surface area contributed by atoms with Crippen molar-refractivity contribution in [2.45, 2.75) is 44.9 Å². The van der Waals surface area contributed by atoms with Gasteiger partial charge in [0.25, 0.3) is 0 Å². The minimum absolute atomic E-state index is 0.155. The summed E-state index contributed by atoms with van der Waals surface area (Å²) in [5, 5.41) is 3.49. The third-order valence-electron chi connectivity index (χ3n) is 4.26. The highest BCUT2D eigenvalue weighted by atomic mass is 19.1. The van der Waals surface area contributed by atoms with E-state index in [-0.39, 0.29) is 5.82 Å². The Morgan fingerprint density at radius 3 is 2.94 bits per heavy atom. The maximum absolute atomic E-state index is 13.0. The zero-order valence-electron chi connectivity index (χ0n) is 10.8. The standard InChI is InChI=1S/C15H20FNO/c1-10-6-13(16)3-2-11(10)8-17-9-12-7-14-4-5-15(12)18-14/h2-3,6,12,14-15,17H,4-5,7-9H2,1H3. The summed E-state index contributed by atoms with van der Waals surface area (Å²) < 4.78 is 18.8. The van der Waals surface area contributed by atoms with Crippen LogP contribution in [0.1, 0.15) is 30.4 Å². The molecule has 1 aromatic carbocycles. The zero-order valence-corrected chi connectivity index (χ0v) is 10.8. The van der Waals surface area contributed by atoms with Gasteiger partial charge in [-0.2, -0.15) is 0 Å². The van der Waals surface area contributed by atoms with Gasteiger partial charge in [-0.15, -0.1) is 0 Å². The van der Waals surface area contributed by atoms with E-state index in [0.29, 0.717) is 18.1 Å². The molecular weight excluding hydrogens is 229 g/mol. The molecule has 3 unspecified atom stereocenters. The molecule has 18 heavy (non-hydrogen) atoms. The first-order chi connectivity index (χ1) is 8.72. The molecule has 98 valence electrons. The molecule has 2 aliphatic rings. The number of aryl methyl sites for hydroxylation is 1. The van der Waals surface area contributed by atoms with Crippen LogP contribution in [0.15, 0.2) is 18.2 Å². The van der Waals surface area contributed by atoms with Crippen LogP contribution < -0.4 is 5.32 Å². The van der Waals surface area contributed by atoms with Gasteiger partial charge in [0.1, 0.15) is 5.82 Å². The van der Waals surface area contributed by atoms with Gasteiger partial charge in [-0.25, -0.2) is 4.39 Å². The van der Waals surface area contributed by atoms with Crippen LogP contribution in [-0.2, 0) is 11.3 Å². The van der Waals surface area contributed by atoms with E-state index in [0.717, 1.165) is 18.7 Å². The molecule has 2 saturated heterocycles. The van der Waals surface area contributed by atoms with E-state index >= 15 is 0 Å². The van der Waals surface area contributed by atoms with Crippen LogP contribution in [0.3, 0.4) is 0 Å². The van der Waals surface area contributed by atoms with Gasteiger partial charge in [-0.05, 0) is 49.4 Å². The highest BCUT2D eigenvalue weighted by Crippen LogP contribution is 2.38. The molecule has 2 aliphatic heterocycles. The van der Waals surface area contributed by atoms with E-state index in [1.54, 1.807) is 6.07 Å². The molecule has 2 heterocycles. The van der Waals surface area contributed by atoms with Gasteiger partial charge in [0.2, 0.25) is 0 Å². The van der Waals surface area contributed by atoms with Crippen LogP contribution in [-0.4, -0.2) is 18.8 Å². The number of hydrogen-bond acceptors (Lipinski definition) is 2. The second kappa shape index (κ2) is 4.98. The highest BCUT2D eigenvalue weighted by Gasteiger charge is 2.40. The van der Waals surface area contributed by atoms with Crippen LogP contribution >= 0.6 is 0 Å². The Kier molecular flexibility index (Phi) is 3.35. The van der Waals surface area contributed by atoms with Gasteiger partial charge < -0.3 is 10.1 Å². The molecule has 3 heteroatoms. The summed E-state index contributed by atoms with van der Waals surface area (Å²) in [6.07, 6.45) is 4.69. The zero-order chi connectivity index (χ0) is 12.5. The Balaban J connectivity index is 1.50. The summed E-state index contributed by atoms with van der Waals surface area (Å²) in [4.78, 5) is 0. The van der Waals surface area contributed by atoms with E-state index in [1.807, 2.05) is 13.0 Å². The van der Waals surface area contributed by atoms with Gasteiger partial charge in [0.15, 0.2) is 0 Å². The van der Waals surface area contributed by atoms with Crippen molar-refractivity contribution in [1.29, 1.82) is 0 Å². The van der Waals surface area contributed by atoms with Crippen LogP contribution in [0.2, 0.25) is 0 Å². The summed E-state index contributed by atoms with van der Waals surface area (Å²) in [5.41, 5.74) is 2.20. The number of ether oxygens (including phenoxy) is 1. The maximum atomic E-state index is 13.0. The van der Waals surface area contributed by atoms with Crippen molar-refractivity contribution in [1.82, 2.24) is 5.32 Å². The number of halogens is 1. The average Bonchev–Trinajstić information content (AvgIpc) is 2.94. The van der Waals surface area contributed by atoms with Crippen molar-refractivity contribution in [2.75, 3.05) is 6.54 Å². The lowest BCUT2D eigenvalue weighted by molar-refractivity contribution is 0.0924. The lowest BCUT2D eigenvalue weighted by atomic mass is 9.89. The van der Waals surface area contributed by atoms with Gasteiger partial charge in [-0.1, -0.05) is 6.07 Å². The van der Waals surface area contributed by atoms with Crippen molar-refractivity contribution in [3.05, 3.63) is 35.1 Å². The lowest BCUT2D eigenvalue weighted by Gasteiger charge is -2.19. The van der Waals surface area contributed by atoms with Crippen LogP contribution in [0.4, 0.5) is 4.39 Å². The normalized spacial score (nSPS) is 30.0. The molecule has 0 aliphatic carbocycles. The average molecular weight is 249 g/mol. The Labute approximate surface area is 108 Å². The summed E-state index contributed by atoms with van der Waals surface area (Å²) in [5.74, 6) is 0.516. The fraction of sp³-hybridized carbons (Fsp3) is 0.600. The minimum Gasteiger partial charge on any atom is -0.375 e. The number of hydrogen-bond donors (Lipinski definition) is 1.